The maximum absolute atomic E-state index is 5.66. The Morgan fingerprint density at radius 3 is 2.47 bits per heavy atom. The topological polar surface area (TPSA) is 52.0 Å². The van der Waals surface area contributed by atoms with Gasteiger partial charge in [0.25, 0.3) is 0 Å². The molecule has 0 radical (unpaired) electrons. The lowest BCUT2D eigenvalue weighted by Crippen LogP contribution is -2.45. The van der Waals surface area contributed by atoms with E-state index in [9.17, 15) is 0 Å². The van der Waals surface area contributed by atoms with Gasteiger partial charge in [-0.05, 0) is 26.3 Å². The average Bonchev–Trinajstić information content (AvgIpc) is 2.78. The summed E-state index contributed by atoms with van der Waals surface area (Å²) in [5.41, 5.74) is 0. The van der Waals surface area contributed by atoms with Gasteiger partial charge in [-0.15, -0.1) is 0 Å². The second-order valence-corrected chi connectivity index (χ2v) is 5.53. The molecule has 0 aliphatic heterocycles. The van der Waals surface area contributed by atoms with Gasteiger partial charge in [-0.3, -0.25) is 0 Å². The largest absolute Gasteiger partial charge is 0.380 e. The Hall–Kier alpha value is -0.940. The molecule has 0 saturated heterocycles. The van der Waals surface area contributed by atoms with E-state index in [2.05, 4.69) is 50.0 Å². The zero-order valence-electron chi connectivity index (χ0n) is 13.1. The number of aromatic nitrogens is 3. The molecule has 19 heavy (non-hydrogen) atoms. The summed E-state index contributed by atoms with van der Waals surface area (Å²) in [6.07, 6.45) is 2.65. The summed E-state index contributed by atoms with van der Waals surface area (Å²) < 4.78 is 7.64. The highest BCUT2D eigenvalue weighted by atomic mass is 16.5. The molecule has 0 spiro atoms. The zero-order chi connectivity index (χ0) is 14.4. The summed E-state index contributed by atoms with van der Waals surface area (Å²) in [5, 5.41) is 7.81. The molecule has 1 rings (SSSR count). The molecule has 0 aliphatic carbocycles. The number of likely N-dealkylation sites (N-methyl/N-ethyl adjacent to an activating group) is 1. The van der Waals surface area contributed by atoms with E-state index < -0.39 is 0 Å². The molecule has 0 amide bonds. The fourth-order valence-electron chi connectivity index (χ4n) is 2.52. The molecule has 1 aromatic rings. The van der Waals surface area contributed by atoms with Crippen LogP contribution < -0.4 is 5.32 Å². The van der Waals surface area contributed by atoms with E-state index >= 15 is 0 Å². The lowest BCUT2D eigenvalue weighted by atomic mass is 9.96. The van der Waals surface area contributed by atoms with Crippen molar-refractivity contribution in [3.05, 3.63) is 12.2 Å². The van der Waals surface area contributed by atoms with Gasteiger partial charge in [0, 0.05) is 25.6 Å². The maximum Gasteiger partial charge on any atom is 0.138 e. The first kappa shape index (κ1) is 16.1. The van der Waals surface area contributed by atoms with Crippen molar-refractivity contribution in [2.45, 2.75) is 59.2 Å². The predicted octanol–water partition coefficient (Wildman–Crippen LogP) is 2.05. The number of hydrogen-bond donors (Lipinski definition) is 1. The van der Waals surface area contributed by atoms with Crippen molar-refractivity contribution in [1.82, 2.24) is 20.1 Å². The number of ether oxygens (including phenoxy) is 1. The maximum atomic E-state index is 5.66. The Labute approximate surface area is 116 Å². The van der Waals surface area contributed by atoms with E-state index in [1.807, 2.05) is 4.68 Å². The lowest BCUT2D eigenvalue weighted by Gasteiger charge is -2.29. The fourth-order valence-corrected chi connectivity index (χ4v) is 2.52. The van der Waals surface area contributed by atoms with Crippen molar-refractivity contribution in [2.75, 3.05) is 13.7 Å². The summed E-state index contributed by atoms with van der Waals surface area (Å²) in [5.74, 6) is 1.48. The molecule has 0 aliphatic rings. The predicted molar refractivity (Wildman–Crippen MR) is 77.2 cm³/mol. The fraction of sp³-hybridized carbons (Fsp3) is 0.857. The SMILES string of the molecule is CCNC(Cc1ncnn1C(C)C)C(OC)C(C)C. The molecule has 5 heteroatoms. The third kappa shape index (κ3) is 4.28. The van der Waals surface area contributed by atoms with Crippen LogP contribution in [0.2, 0.25) is 0 Å². The van der Waals surface area contributed by atoms with Crippen LogP contribution in [0.25, 0.3) is 0 Å². The highest BCUT2D eigenvalue weighted by Gasteiger charge is 2.25. The Bertz CT molecular complexity index is 362. The number of nitrogens with zero attached hydrogens (tertiary/aromatic N) is 3. The van der Waals surface area contributed by atoms with Crippen LogP contribution in [-0.4, -0.2) is 40.6 Å². The van der Waals surface area contributed by atoms with Crippen molar-refractivity contribution in [3.8, 4) is 0 Å². The third-order valence-corrected chi connectivity index (χ3v) is 3.33. The first-order valence-corrected chi connectivity index (χ1v) is 7.15. The smallest absolute Gasteiger partial charge is 0.138 e. The van der Waals surface area contributed by atoms with Crippen LogP contribution >= 0.6 is 0 Å². The van der Waals surface area contributed by atoms with Crippen LogP contribution in [0.5, 0.6) is 0 Å². The summed E-state index contributed by atoms with van der Waals surface area (Å²) in [7, 11) is 1.78. The van der Waals surface area contributed by atoms with E-state index in [0.717, 1.165) is 18.8 Å². The van der Waals surface area contributed by atoms with E-state index in [1.54, 1.807) is 13.4 Å². The lowest BCUT2D eigenvalue weighted by molar-refractivity contribution is 0.0328. The minimum atomic E-state index is 0.178. The van der Waals surface area contributed by atoms with Gasteiger partial charge in [-0.1, -0.05) is 20.8 Å². The normalized spacial score (nSPS) is 15.2. The minimum Gasteiger partial charge on any atom is -0.380 e. The second-order valence-electron chi connectivity index (χ2n) is 5.53. The quantitative estimate of drug-likeness (QED) is 0.784. The van der Waals surface area contributed by atoms with Gasteiger partial charge in [-0.25, -0.2) is 9.67 Å². The molecule has 5 nitrogen and oxygen atoms in total. The molecule has 0 fully saturated rings. The van der Waals surface area contributed by atoms with Crippen molar-refractivity contribution < 1.29 is 4.74 Å². The second kappa shape index (κ2) is 7.60. The Morgan fingerprint density at radius 1 is 1.32 bits per heavy atom. The van der Waals surface area contributed by atoms with E-state index in [-0.39, 0.29) is 12.1 Å². The Kier molecular flexibility index (Phi) is 6.45. The molecule has 0 bridgehead atoms. The minimum absolute atomic E-state index is 0.178. The van der Waals surface area contributed by atoms with Crippen LogP contribution in [0, 0.1) is 5.92 Å². The highest BCUT2D eigenvalue weighted by Crippen LogP contribution is 2.15. The summed E-state index contributed by atoms with van der Waals surface area (Å²) >= 11 is 0. The van der Waals surface area contributed by atoms with Crippen molar-refractivity contribution >= 4 is 0 Å². The summed E-state index contributed by atoms with van der Waals surface area (Å²) in [6.45, 7) is 11.7. The molecule has 0 saturated carbocycles. The molecule has 2 atom stereocenters. The first-order valence-electron chi connectivity index (χ1n) is 7.15. The molecule has 1 heterocycles. The Morgan fingerprint density at radius 2 is 2.00 bits per heavy atom. The number of nitrogens with one attached hydrogen (secondary N) is 1. The van der Waals surface area contributed by atoms with Gasteiger partial charge in [0.05, 0.1) is 6.10 Å². The van der Waals surface area contributed by atoms with Gasteiger partial charge < -0.3 is 10.1 Å². The van der Waals surface area contributed by atoms with Crippen LogP contribution in [0.15, 0.2) is 6.33 Å². The first-order chi connectivity index (χ1) is 9.01. The molecule has 0 aromatic carbocycles. The van der Waals surface area contributed by atoms with Gasteiger partial charge in [-0.2, -0.15) is 5.10 Å². The number of rotatable bonds is 8. The monoisotopic (exact) mass is 268 g/mol. The number of hydrogen-bond acceptors (Lipinski definition) is 4. The van der Waals surface area contributed by atoms with E-state index in [0.29, 0.717) is 12.0 Å². The van der Waals surface area contributed by atoms with Crippen molar-refractivity contribution in [2.24, 2.45) is 5.92 Å². The Balaban J connectivity index is 2.85. The van der Waals surface area contributed by atoms with Crippen LogP contribution in [0.4, 0.5) is 0 Å². The van der Waals surface area contributed by atoms with Crippen LogP contribution in [0.1, 0.15) is 46.5 Å². The average molecular weight is 268 g/mol. The summed E-state index contributed by atoms with van der Waals surface area (Å²) in [6, 6.07) is 0.594. The van der Waals surface area contributed by atoms with E-state index in [4.69, 9.17) is 4.74 Å². The van der Waals surface area contributed by atoms with Crippen molar-refractivity contribution in [3.63, 3.8) is 0 Å². The van der Waals surface area contributed by atoms with Gasteiger partial charge in [0.15, 0.2) is 0 Å². The highest BCUT2D eigenvalue weighted by molar-refractivity contribution is 4.94. The van der Waals surface area contributed by atoms with Crippen LogP contribution in [0.3, 0.4) is 0 Å². The molecule has 2 unspecified atom stereocenters. The van der Waals surface area contributed by atoms with Gasteiger partial charge >= 0.3 is 0 Å². The number of methoxy groups -OCH3 is 1. The standard InChI is InChI=1S/C14H28N4O/c1-7-15-12(14(19-6)10(2)3)8-13-16-9-17-18(13)11(4)5/h9-12,14-15H,7-8H2,1-6H3. The van der Waals surface area contributed by atoms with Crippen molar-refractivity contribution in [1.29, 1.82) is 0 Å². The molecular formula is C14H28N4O. The zero-order valence-corrected chi connectivity index (χ0v) is 13.1. The molecule has 1 N–H and O–H groups in total. The molecular weight excluding hydrogens is 240 g/mol. The van der Waals surface area contributed by atoms with E-state index in [1.165, 1.54) is 0 Å². The third-order valence-electron chi connectivity index (χ3n) is 3.33. The van der Waals surface area contributed by atoms with Gasteiger partial charge in [0.2, 0.25) is 0 Å². The molecule has 110 valence electrons. The van der Waals surface area contributed by atoms with Crippen LogP contribution in [-0.2, 0) is 11.2 Å². The molecule has 1 aromatic heterocycles. The summed E-state index contributed by atoms with van der Waals surface area (Å²) in [4.78, 5) is 4.39. The van der Waals surface area contributed by atoms with Gasteiger partial charge in [0.1, 0.15) is 12.2 Å².